The molecule has 116 valence electrons. The lowest BCUT2D eigenvalue weighted by Crippen LogP contribution is -2.44. The van der Waals surface area contributed by atoms with E-state index in [1.807, 2.05) is 30.4 Å². The fourth-order valence-corrected chi connectivity index (χ4v) is 3.55. The van der Waals surface area contributed by atoms with E-state index in [0.29, 0.717) is 12.4 Å². The highest BCUT2D eigenvalue weighted by Gasteiger charge is 2.57. The van der Waals surface area contributed by atoms with Crippen molar-refractivity contribution in [3.63, 3.8) is 0 Å². The fourth-order valence-electron chi connectivity index (χ4n) is 3.55. The Morgan fingerprint density at radius 1 is 1.27 bits per heavy atom. The SMILES string of the molecule is COc1ccc2c(c1)[C@@]1(C=C[C@@]3(CCCCO3)O1)C(=O)N2C. The fraction of sp³-hybridized carbons (Fsp3) is 0.471. The highest BCUT2D eigenvalue weighted by atomic mass is 16.7. The molecule has 0 saturated carbocycles. The van der Waals surface area contributed by atoms with Crippen LogP contribution in [0.15, 0.2) is 30.4 Å². The van der Waals surface area contributed by atoms with Crippen LogP contribution in [0.25, 0.3) is 0 Å². The maximum atomic E-state index is 12.9. The first-order valence-electron chi connectivity index (χ1n) is 7.61. The van der Waals surface area contributed by atoms with Gasteiger partial charge in [0.1, 0.15) is 5.75 Å². The number of nitrogens with zero attached hydrogens (tertiary/aromatic N) is 1. The van der Waals surface area contributed by atoms with Crippen LogP contribution in [0.5, 0.6) is 5.75 Å². The van der Waals surface area contributed by atoms with E-state index in [1.165, 1.54) is 0 Å². The molecule has 0 N–H and O–H groups in total. The number of benzene rings is 1. The second-order valence-electron chi connectivity index (χ2n) is 6.04. The first kappa shape index (κ1) is 13.8. The number of carbonyl (C=O) groups excluding carboxylic acids is 1. The first-order valence-corrected chi connectivity index (χ1v) is 7.61. The number of fused-ring (bicyclic) bond motifs is 2. The molecule has 4 rings (SSSR count). The number of carbonyl (C=O) groups is 1. The lowest BCUT2D eigenvalue weighted by atomic mass is 9.95. The predicted molar refractivity (Wildman–Crippen MR) is 80.8 cm³/mol. The number of likely N-dealkylation sites (N-methyl/N-ethyl adjacent to an activating group) is 1. The molecule has 1 aromatic carbocycles. The zero-order valence-electron chi connectivity index (χ0n) is 12.8. The minimum atomic E-state index is -1.09. The Morgan fingerprint density at radius 3 is 2.86 bits per heavy atom. The summed E-state index contributed by atoms with van der Waals surface area (Å²) >= 11 is 0. The van der Waals surface area contributed by atoms with Crippen LogP contribution in [-0.4, -0.2) is 32.5 Å². The van der Waals surface area contributed by atoms with Gasteiger partial charge in [0, 0.05) is 19.0 Å². The molecule has 3 aliphatic heterocycles. The van der Waals surface area contributed by atoms with E-state index in [4.69, 9.17) is 14.2 Å². The van der Waals surface area contributed by atoms with Gasteiger partial charge in [-0.05, 0) is 43.2 Å². The van der Waals surface area contributed by atoms with Gasteiger partial charge < -0.3 is 19.1 Å². The average molecular weight is 301 g/mol. The smallest absolute Gasteiger partial charge is 0.267 e. The molecular formula is C17H19NO4. The van der Waals surface area contributed by atoms with Crippen molar-refractivity contribution in [3.05, 3.63) is 35.9 Å². The second-order valence-corrected chi connectivity index (χ2v) is 6.04. The Labute approximate surface area is 129 Å². The van der Waals surface area contributed by atoms with Crippen molar-refractivity contribution >= 4 is 11.6 Å². The second kappa shape index (κ2) is 4.57. The Bertz CT molecular complexity index is 663. The molecular weight excluding hydrogens is 282 g/mol. The Hall–Kier alpha value is -1.85. The summed E-state index contributed by atoms with van der Waals surface area (Å²) in [6.45, 7) is 0.662. The van der Waals surface area contributed by atoms with Gasteiger partial charge in [-0.15, -0.1) is 0 Å². The minimum Gasteiger partial charge on any atom is -0.497 e. The lowest BCUT2D eigenvalue weighted by molar-refractivity contribution is -0.249. The largest absolute Gasteiger partial charge is 0.497 e. The number of rotatable bonds is 1. The summed E-state index contributed by atoms with van der Waals surface area (Å²) in [5.41, 5.74) is 0.584. The van der Waals surface area contributed by atoms with Gasteiger partial charge in [0.2, 0.25) is 0 Å². The van der Waals surface area contributed by atoms with Crippen LogP contribution < -0.4 is 9.64 Å². The van der Waals surface area contributed by atoms with Gasteiger partial charge in [0.05, 0.1) is 19.4 Å². The molecule has 1 aromatic rings. The molecule has 2 atom stereocenters. The van der Waals surface area contributed by atoms with E-state index in [9.17, 15) is 4.79 Å². The van der Waals surface area contributed by atoms with Crippen molar-refractivity contribution in [1.82, 2.24) is 0 Å². The van der Waals surface area contributed by atoms with Crippen molar-refractivity contribution in [3.8, 4) is 5.75 Å². The van der Waals surface area contributed by atoms with Crippen LogP contribution in [0, 0.1) is 0 Å². The molecule has 1 saturated heterocycles. The quantitative estimate of drug-likeness (QED) is 0.747. The number of anilines is 1. The molecule has 0 aromatic heterocycles. The van der Waals surface area contributed by atoms with Crippen LogP contribution in [-0.2, 0) is 19.9 Å². The maximum Gasteiger partial charge on any atom is 0.267 e. The maximum absolute atomic E-state index is 12.9. The van der Waals surface area contributed by atoms with Crippen LogP contribution in [0.2, 0.25) is 0 Å². The summed E-state index contributed by atoms with van der Waals surface area (Å²) in [7, 11) is 3.39. The zero-order valence-corrected chi connectivity index (χ0v) is 12.8. The van der Waals surface area contributed by atoms with Gasteiger partial charge in [-0.2, -0.15) is 0 Å². The standard InChI is InChI=1S/C17H19NO4/c1-18-14-6-5-12(20-2)11-13(14)17(15(18)19)9-8-16(22-17)7-3-4-10-21-16/h5-6,8-9,11H,3-4,7,10H2,1-2H3/t16-,17+/m1/s1. The summed E-state index contributed by atoms with van der Waals surface area (Å²) in [4.78, 5) is 14.5. The third-order valence-electron chi connectivity index (χ3n) is 4.76. The Kier molecular flexibility index (Phi) is 2.86. The molecule has 22 heavy (non-hydrogen) atoms. The van der Waals surface area contributed by atoms with Crippen LogP contribution in [0.3, 0.4) is 0 Å². The molecule has 3 aliphatic rings. The summed E-state index contributed by atoms with van der Waals surface area (Å²) < 4.78 is 17.4. The summed E-state index contributed by atoms with van der Waals surface area (Å²) in [5, 5.41) is 0. The molecule has 0 bridgehead atoms. The van der Waals surface area contributed by atoms with Crippen molar-refractivity contribution in [2.24, 2.45) is 0 Å². The van der Waals surface area contributed by atoms with Crippen molar-refractivity contribution in [2.45, 2.75) is 30.7 Å². The van der Waals surface area contributed by atoms with Gasteiger partial charge in [-0.25, -0.2) is 0 Å². The van der Waals surface area contributed by atoms with Gasteiger partial charge in [-0.3, -0.25) is 4.79 Å². The normalized spacial score (nSPS) is 33.0. The van der Waals surface area contributed by atoms with Gasteiger partial charge in [-0.1, -0.05) is 0 Å². The molecule has 1 fully saturated rings. The van der Waals surface area contributed by atoms with E-state index >= 15 is 0 Å². The topological polar surface area (TPSA) is 48.0 Å². The summed E-state index contributed by atoms with van der Waals surface area (Å²) in [5.74, 6) is -0.138. The van der Waals surface area contributed by atoms with Crippen LogP contribution in [0.4, 0.5) is 5.69 Å². The third kappa shape index (κ3) is 1.69. The first-order chi connectivity index (χ1) is 10.6. The van der Waals surface area contributed by atoms with E-state index in [-0.39, 0.29) is 5.91 Å². The van der Waals surface area contributed by atoms with Crippen LogP contribution in [0.1, 0.15) is 24.8 Å². The van der Waals surface area contributed by atoms with Gasteiger partial charge in [0.25, 0.3) is 5.91 Å². The van der Waals surface area contributed by atoms with E-state index in [0.717, 1.165) is 30.5 Å². The minimum absolute atomic E-state index is 0.0851. The van der Waals surface area contributed by atoms with Crippen LogP contribution >= 0.6 is 0 Å². The van der Waals surface area contributed by atoms with Gasteiger partial charge >= 0.3 is 0 Å². The molecule has 5 heteroatoms. The lowest BCUT2D eigenvalue weighted by Gasteiger charge is -2.35. The molecule has 5 nitrogen and oxygen atoms in total. The number of hydrogen-bond donors (Lipinski definition) is 0. The molecule has 0 unspecified atom stereocenters. The number of amides is 1. The Balaban J connectivity index is 1.80. The summed E-state index contributed by atoms with van der Waals surface area (Å²) in [6, 6.07) is 5.63. The van der Waals surface area contributed by atoms with Crippen molar-refractivity contribution in [2.75, 3.05) is 25.7 Å². The average Bonchev–Trinajstić information content (AvgIpc) is 3.01. The number of hydrogen-bond acceptors (Lipinski definition) is 4. The zero-order chi connectivity index (χ0) is 15.4. The van der Waals surface area contributed by atoms with E-state index < -0.39 is 11.4 Å². The number of methoxy groups -OCH3 is 1. The Morgan fingerprint density at radius 2 is 2.14 bits per heavy atom. The van der Waals surface area contributed by atoms with E-state index in [2.05, 4.69) is 0 Å². The molecule has 0 aliphatic carbocycles. The highest BCUT2D eigenvalue weighted by Crippen LogP contribution is 2.51. The monoisotopic (exact) mass is 301 g/mol. The number of ether oxygens (including phenoxy) is 3. The third-order valence-corrected chi connectivity index (χ3v) is 4.76. The van der Waals surface area contributed by atoms with Crippen molar-refractivity contribution in [1.29, 1.82) is 0 Å². The molecule has 2 spiro atoms. The van der Waals surface area contributed by atoms with Gasteiger partial charge in [0.15, 0.2) is 11.4 Å². The molecule has 0 radical (unpaired) electrons. The molecule has 1 amide bonds. The predicted octanol–water partition coefficient (Wildman–Crippen LogP) is 2.35. The summed E-state index contributed by atoms with van der Waals surface area (Å²) in [6.07, 6.45) is 6.61. The highest BCUT2D eigenvalue weighted by molar-refractivity contribution is 6.08. The van der Waals surface area contributed by atoms with E-state index in [1.54, 1.807) is 19.1 Å². The molecule has 3 heterocycles. The van der Waals surface area contributed by atoms with Crippen molar-refractivity contribution < 1.29 is 19.0 Å².